The Morgan fingerprint density at radius 1 is 1.21 bits per heavy atom. The van der Waals surface area contributed by atoms with Gasteiger partial charge in [0.2, 0.25) is 0 Å². The largest absolute Gasteiger partial charge is 0.370 e. The Kier molecular flexibility index (Phi) is 7.63. The van der Waals surface area contributed by atoms with Gasteiger partial charge in [0.1, 0.15) is 18.0 Å². The molecule has 0 amide bonds. The van der Waals surface area contributed by atoms with Crippen LogP contribution in [0.2, 0.25) is 0 Å². The van der Waals surface area contributed by atoms with Crippen molar-refractivity contribution in [2.24, 2.45) is 0 Å². The highest BCUT2D eigenvalue weighted by Crippen LogP contribution is 2.22. The third-order valence-corrected chi connectivity index (χ3v) is 3.78. The lowest BCUT2D eigenvalue weighted by atomic mass is 10.2. The number of hydrogen-bond acceptors (Lipinski definition) is 5. The fraction of sp³-hybridized carbons (Fsp3) is 0.714. The van der Waals surface area contributed by atoms with Crippen LogP contribution in [0.1, 0.15) is 39.2 Å². The summed E-state index contributed by atoms with van der Waals surface area (Å²) in [5.74, 6) is 3.05. The normalized spacial score (nSPS) is 12.2. The summed E-state index contributed by atoms with van der Waals surface area (Å²) in [6, 6.07) is 0.467. The van der Waals surface area contributed by atoms with Gasteiger partial charge in [0.15, 0.2) is 0 Å². The van der Waals surface area contributed by atoms with Gasteiger partial charge in [-0.1, -0.05) is 20.8 Å². The summed E-state index contributed by atoms with van der Waals surface area (Å²) in [5, 5.41) is 6.94. The molecule has 0 saturated carbocycles. The van der Waals surface area contributed by atoms with E-state index in [2.05, 4.69) is 47.6 Å². The lowest BCUT2D eigenvalue weighted by molar-refractivity contribution is 0.765. The van der Waals surface area contributed by atoms with E-state index >= 15 is 0 Å². The van der Waals surface area contributed by atoms with Crippen molar-refractivity contribution in [1.29, 1.82) is 0 Å². The van der Waals surface area contributed by atoms with Gasteiger partial charge in [0, 0.05) is 23.9 Å². The Morgan fingerprint density at radius 2 is 1.95 bits per heavy atom. The highest BCUT2D eigenvalue weighted by Gasteiger charge is 2.12. The first kappa shape index (κ1) is 16.1. The molecule has 0 aliphatic heterocycles. The highest BCUT2D eigenvalue weighted by molar-refractivity contribution is 7.98. The molecule has 0 aromatic carbocycles. The molecule has 0 aliphatic carbocycles. The first-order valence-corrected chi connectivity index (χ1v) is 8.49. The minimum Gasteiger partial charge on any atom is -0.370 e. The van der Waals surface area contributed by atoms with Crippen molar-refractivity contribution < 1.29 is 0 Å². The van der Waals surface area contributed by atoms with Crippen LogP contribution in [0.4, 0.5) is 11.6 Å². The number of rotatable bonds is 9. The van der Waals surface area contributed by atoms with E-state index in [0.717, 1.165) is 43.2 Å². The summed E-state index contributed by atoms with van der Waals surface area (Å²) in [7, 11) is 0. The Morgan fingerprint density at radius 3 is 2.53 bits per heavy atom. The van der Waals surface area contributed by atoms with Gasteiger partial charge in [0.05, 0.1) is 0 Å². The second-order valence-electron chi connectivity index (χ2n) is 4.53. The molecule has 0 aliphatic rings. The lowest BCUT2D eigenvalue weighted by Crippen LogP contribution is -2.23. The predicted molar refractivity (Wildman–Crippen MR) is 86.3 cm³/mol. The minimum absolute atomic E-state index is 0.467. The van der Waals surface area contributed by atoms with Gasteiger partial charge in [-0.3, -0.25) is 0 Å². The summed E-state index contributed by atoms with van der Waals surface area (Å²) in [6.45, 7) is 7.46. The van der Waals surface area contributed by atoms with E-state index < -0.39 is 0 Å². The third kappa shape index (κ3) is 4.90. The molecule has 0 bridgehead atoms. The van der Waals surface area contributed by atoms with Crippen LogP contribution >= 0.6 is 11.8 Å². The van der Waals surface area contributed by atoms with Crippen molar-refractivity contribution in [3.05, 3.63) is 11.9 Å². The number of hydrogen-bond donors (Lipinski definition) is 2. The maximum atomic E-state index is 4.42. The number of nitrogens with one attached hydrogen (secondary N) is 2. The van der Waals surface area contributed by atoms with E-state index in [1.54, 1.807) is 6.33 Å². The van der Waals surface area contributed by atoms with E-state index in [4.69, 9.17) is 0 Å². The third-order valence-electron chi connectivity index (χ3n) is 3.04. The molecule has 0 radical (unpaired) electrons. The van der Waals surface area contributed by atoms with Crippen LogP contribution in [-0.4, -0.2) is 34.6 Å². The summed E-state index contributed by atoms with van der Waals surface area (Å²) < 4.78 is 0. The fourth-order valence-electron chi connectivity index (χ4n) is 1.92. The van der Waals surface area contributed by atoms with E-state index in [0.29, 0.717) is 6.04 Å². The first-order chi connectivity index (χ1) is 9.26. The fourth-order valence-corrected chi connectivity index (χ4v) is 2.64. The van der Waals surface area contributed by atoms with Gasteiger partial charge >= 0.3 is 0 Å². The average molecular weight is 282 g/mol. The van der Waals surface area contributed by atoms with Crippen molar-refractivity contribution in [2.45, 2.75) is 46.1 Å². The maximum Gasteiger partial charge on any atom is 0.134 e. The van der Waals surface area contributed by atoms with Crippen LogP contribution in [-0.2, 0) is 6.42 Å². The van der Waals surface area contributed by atoms with Gasteiger partial charge in [-0.05, 0) is 25.5 Å². The van der Waals surface area contributed by atoms with Crippen molar-refractivity contribution in [3.8, 4) is 0 Å². The van der Waals surface area contributed by atoms with Crippen molar-refractivity contribution in [1.82, 2.24) is 9.97 Å². The molecule has 108 valence electrons. The molecule has 1 aromatic rings. The molecule has 1 rings (SSSR count). The molecule has 1 aromatic heterocycles. The summed E-state index contributed by atoms with van der Waals surface area (Å²) in [4.78, 5) is 8.78. The Balaban J connectivity index is 2.86. The number of aromatic nitrogens is 2. The SMILES string of the molecule is CCCNc1ncnc(NC(CC)CSC)c1CC. The quantitative estimate of drug-likeness (QED) is 0.727. The zero-order valence-electron chi connectivity index (χ0n) is 12.5. The predicted octanol–water partition coefficient (Wildman–Crippen LogP) is 3.41. The molecule has 1 heterocycles. The molecule has 1 unspecified atom stereocenters. The van der Waals surface area contributed by atoms with Gasteiger partial charge < -0.3 is 10.6 Å². The standard InChI is InChI=1S/C14H26N4S/c1-5-8-15-13-12(7-3)14(17-10-16-13)18-11(6-2)9-19-4/h10-11H,5-9H2,1-4H3,(H2,15,16,17,18). The molecular weight excluding hydrogens is 256 g/mol. The molecule has 2 N–H and O–H groups in total. The van der Waals surface area contributed by atoms with E-state index in [1.807, 2.05) is 11.8 Å². The Bertz CT molecular complexity index is 370. The zero-order valence-corrected chi connectivity index (χ0v) is 13.3. The number of anilines is 2. The second kappa shape index (κ2) is 9.02. The molecule has 19 heavy (non-hydrogen) atoms. The Labute approximate surface area is 121 Å². The van der Waals surface area contributed by atoms with Gasteiger partial charge in [0.25, 0.3) is 0 Å². The van der Waals surface area contributed by atoms with E-state index in [1.165, 1.54) is 5.56 Å². The van der Waals surface area contributed by atoms with Gasteiger partial charge in [-0.25, -0.2) is 9.97 Å². The molecule has 4 nitrogen and oxygen atoms in total. The molecule has 5 heteroatoms. The van der Waals surface area contributed by atoms with Gasteiger partial charge in [-0.15, -0.1) is 0 Å². The van der Waals surface area contributed by atoms with Crippen molar-refractivity contribution >= 4 is 23.4 Å². The van der Waals surface area contributed by atoms with Gasteiger partial charge in [-0.2, -0.15) is 11.8 Å². The molecule has 0 saturated heterocycles. The summed E-state index contributed by atoms with van der Waals surface area (Å²) >= 11 is 1.86. The number of nitrogens with zero attached hydrogens (tertiary/aromatic N) is 2. The average Bonchev–Trinajstić information content (AvgIpc) is 2.44. The van der Waals surface area contributed by atoms with Crippen LogP contribution in [0.15, 0.2) is 6.33 Å². The molecular formula is C14H26N4S. The smallest absolute Gasteiger partial charge is 0.134 e. The minimum atomic E-state index is 0.467. The van der Waals surface area contributed by atoms with Crippen LogP contribution in [0.25, 0.3) is 0 Å². The first-order valence-electron chi connectivity index (χ1n) is 7.09. The van der Waals surface area contributed by atoms with E-state index in [-0.39, 0.29) is 0 Å². The van der Waals surface area contributed by atoms with Crippen molar-refractivity contribution in [2.75, 3.05) is 29.2 Å². The van der Waals surface area contributed by atoms with E-state index in [9.17, 15) is 0 Å². The highest BCUT2D eigenvalue weighted by atomic mass is 32.2. The lowest BCUT2D eigenvalue weighted by Gasteiger charge is -2.20. The van der Waals surface area contributed by atoms with Crippen LogP contribution in [0, 0.1) is 0 Å². The zero-order chi connectivity index (χ0) is 14.1. The monoisotopic (exact) mass is 282 g/mol. The van der Waals surface area contributed by atoms with Crippen LogP contribution < -0.4 is 10.6 Å². The summed E-state index contributed by atoms with van der Waals surface area (Å²) in [6.07, 6.45) is 6.92. The molecule has 1 atom stereocenters. The number of thioether (sulfide) groups is 1. The van der Waals surface area contributed by atoms with Crippen LogP contribution in [0.5, 0.6) is 0 Å². The van der Waals surface area contributed by atoms with Crippen molar-refractivity contribution in [3.63, 3.8) is 0 Å². The second-order valence-corrected chi connectivity index (χ2v) is 5.45. The molecule has 0 fully saturated rings. The summed E-state index contributed by atoms with van der Waals surface area (Å²) in [5.41, 5.74) is 1.19. The topological polar surface area (TPSA) is 49.8 Å². The van der Waals surface area contributed by atoms with Crippen LogP contribution in [0.3, 0.4) is 0 Å². The maximum absolute atomic E-state index is 4.42. The Hall–Kier alpha value is -0.970. The molecule has 0 spiro atoms.